The minimum Gasteiger partial charge on any atom is -0.369 e. The maximum atomic E-state index is 5.97. The number of fused-ring (bicyclic) bond motifs is 1. The van der Waals surface area contributed by atoms with Crippen LogP contribution in [0.5, 0.6) is 0 Å². The molecule has 0 bridgehead atoms. The molecule has 0 fully saturated rings. The zero-order chi connectivity index (χ0) is 17.9. The summed E-state index contributed by atoms with van der Waals surface area (Å²) in [5, 5.41) is 9.66. The Morgan fingerprint density at radius 3 is 2.31 bits per heavy atom. The quantitative estimate of drug-likeness (QED) is 0.509. The molecule has 2 aromatic carbocycles. The first-order valence-corrected chi connectivity index (χ1v) is 8.81. The molecule has 7 heteroatoms. The number of nitrogens with one attached hydrogen (secondary N) is 1. The third-order valence-electron chi connectivity index (χ3n) is 4.01. The molecule has 0 spiro atoms. The van der Waals surface area contributed by atoms with Crippen molar-refractivity contribution < 1.29 is 4.52 Å². The minimum absolute atomic E-state index is 0.443. The normalized spacial score (nSPS) is 11.0. The number of aromatic nitrogens is 3. The van der Waals surface area contributed by atoms with Gasteiger partial charge in [-0.15, -0.1) is 0 Å². The maximum Gasteiger partial charge on any atom is 0.263 e. The van der Waals surface area contributed by atoms with E-state index in [0.29, 0.717) is 28.8 Å². The van der Waals surface area contributed by atoms with E-state index >= 15 is 0 Å². The summed E-state index contributed by atoms with van der Waals surface area (Å²) in [6.07, 6.45) is 2.30. The topological polar surface area (TPSA) is 63.8 Å². The Bertz CT molecular complexity index is 1030. The Hall–Kier alpha value is -2.63. The molecular formula is C19H14Cl2N4O. The lowest BCUT2D eigenvalue weighted by Gasteiger charge is -2.07. The van der Waals surface area contributed by atoms with Gasteiger partial charge in [-0.05, 0) is 36.2 Å². The van der Waals surface area contributed by atoms with Gasteiger partial charge in [-0.25, -0.2) is 4.98 Å². The first-order chi connectivity index (χ1) is 12.7. The monoisotopic (exact) mass is 384 g/mol. The van der Waals surface area contributed by atoms with E-state index in [2.05, 4.69) is 20.4 Å². The first-order valence-electron chi connectivity index (χ1n) is 8.05. The Morgan fingerprint density at radius 2 is 1.58 bits per heavy atom. The largest absolute Gasteiger partial charge is 0.369 e. The lowest BCUT2D eigenvalue weighted by atomic mass is 10.1. The number of anilines is 1. The highest BCUT2D eigenvalue weighted by atomic mass is 35.5. The maximum absolute atomic E-state index is 5.97. The molecule has 4 aromatic rings. The van der Waals surface area contributed by atoms with E-state index in [1.54, 1.807) is 0 Å². The molecule has 0 aliphatic rings. The Kier molecular flexibility index (Phi) is 4.73. The number of nitrogens with zero attached hydrogens (tertiary/aromatic N) is 3. The summed E-state index contributed by atoms with van der Waals surface area (Å²) in [5.74, 6) is 0.690. The van der Waals surface area contributed by atoms with Gasteiger partial charge in [0.25, 0.3) is 5.71 Å². The van der Waals surface area contributed by atoms with Gasteiger partial charge in [0.1, 0.15) is 23.2 Å². The van der Waals surface area contributed by atoms with Crippen molar-refractivity contribution in [1.29, 1.82) is 0 Å². The second kappa shape index (κ2) is 7.32. The van der Waals surface area contributed by atoms with Crippen molar-refractivity contribution in [3.8, 4) is 11.3 Å². The summed E-state index contributed by atoms with van der Waals surface area (Å²) < 4.78 is 5.36. The third-order valence-corrected chi connectivity index (χ3v) is 4.51. The second-order valence-corrected chi connectivity index (χ2v) is 6.62. The van der Waals surface area contributed by atoms with Crippen molar-refractivity contribution in [3.63, 3.8) is 0 Å². The Balaban J connectivity index is 1.59. The Labute approximate surface area is 160 Å². The smallest absolute Gasteiger partial charge is 0.263 e. The second-order valence-electron chi connectivity index (χ2n) is 5.74. The van der Waals surface area contributed by atoms with Gasteiger partial charge in [-0.1, -0.05) is 52.6 Å². The van der Waals surface area contributed by atoms with Gasteiger partial charge in [0.15, 0.2) is 0 Å². The van der Waals surface area contributed by atoms with Crippen LogP contribution in [0.4, 0.5) is 5.82 Å². The molecular weight excluding hydrogens is 371 g/mol. The van der Waals surface area contributed by atoms with Crippen molar-refractivity contribution >= 4 is 40.1 Å². The zero-order valence-corrected chi connectivity index (χ0v) is 15.1. The van der Waals surface area contributed by atoms with Gasteiger partial charge in [0.2, 0.25) is 0 Å². The SMILES string of the molecule is Clc1ccc(CCNc2ncnc3onc(-c4ccc(Cl)cc4)c23)cc1. The third kappa shape index (κ3) is 3.49. The van der Waals surface area contributed by atoms with Crippen molar-refractivity contribution in [2.45, 2.75) is 6.42 Å². The summed E-state index contributed by atoms with van der Waals surface area (Å²) in [5.41, 5.74) is 3.21. The van der Waals surface area contributed by atoms with Gasteiger partial charge >= 0.3 is 0 Å². The minimum atomic E-state index is 0.443. The Morgan fingerprint density at radius 1 is 0.885 bits per heavy atom. The van der Waals surface area contributed by atoms with Crippen LogP contribution >= 0.6 is 23.2 Å². The molecule has 0 amide bonds. The lowest BCUT2D eigenvalue weighted by molar-refractivity contribution is 0.451. The van der Waals surface area contributed by atoms with Gasteiger partial charge in [0, 0.05) is 22.2 Å². The lowest BCUT2D eigenvalue weighted by Crippen LogP contribution is -2.07. The van der Waals surface area contributed by atoms with E-state index in [-0.39, 0.29) is 0 Å². The molecule has 0 aliphatic carbocycles. The van der Waals surface area contributed by atoms with Crippen LogP contribution in [0, 0.1) is 0 Å². The molecule has 26 heavy (non-hydrogen) atoms. The average molecular weight is 385 g/mol. The molecule has 0 saturated heterocycles. The molecule has 5 nitrogen and oxygen atoms in total. The van der Waals surface area contributed by atoms with Crippen LogP contribution < -0.4 is 5.32 Å². The summed E-state index contributed by atoms with van der Waals surface area (Å²) in [7, 11) is 0. The fraction of sp³-hybridized carbons (Fsp3) is 0.105. The molecule has 2 aromatic heterocycles. The fourth-order valence-corrected chi connectivity index (χ4v) is 2.95. The van der Waals surface area contributed by atoms with Crippen molar-refractivity contribution in [1.82, 2.24) is 15.1 Å². The molecule has 4 rings (SSSR count). The van der Waals surface area contributed by atoms with Crippen molar-refractivity contribution in [3.05, 3.63) is 70.5 Å². The van der Waals surface area contributed by atoms with E-state index in [9.17, 15) is 0 Å². The predicted molar refractivity (Wildman–Crippen MR) is 104 cm³/mol. The van der Waals surface area contributed by atoms with E-state index in [1.807, 2.05) is 48.5 Å². The molecule has 1 N–H and O–H groups in total. The average Bonchev–Trinajstić information content (AvgIpc) is 3.09. The fourth-order valence-electron chi connectivity index (χ4n) is 2.70. The van der Waals surface area contributed by atoms with Gasteiger partial charge in [-0.2, -0.15) is 4.98 Å². The molecule has 2 heterocycles. The van der Waals surface area contributed by atoms with E-state index < -0.39 is 0 Å². The first kappa shape index (κ1) is 16.8. The number of halogens is 2. The van der Waals surface area contributed by atoms with Crippen LogP contribution in [-0.4, -0.2) is 21.7 Å². The molecule has 0 saturated carbocycles. The van der Waals surface area contributed by atoms with Gasteiger partial charge in [-0.3, -0.25) is 0 Å². The molecule has 0 unspecified atom stereocenters. The van der Waals surface area contributed by atoms with E-state index in [4.69, 9.17) is 27.7 Å². The molecule has 0 radical (unpaired) electrons. The highest BCUT2D eigenvalue weighted by Gasteiger charge is 2.16. The van der Waals surface area contributed by atoms with Crippen LogP contribution in [0.25, 0.3) is 22.4 Å². The van der Waals surface area contributed by atoms with Gasteiger partial charge in [0.05, 0.1) is 0 Å². The zero-order valence-electron chi connectivity index (χ0n) is 13.6. The summed E-state index contributed by atoms with van der Waals surface area (Å²) in [6, 6.07) is 15.2. The van der Waals surface area contributed by atoms with Crippen LogP contribution in [0.15, 0.2) is 59.4 Å². The van der Waals surface area contributed by atoms with Crippen molar-refractivity contribution in [2.24, 2.45) is 0 Å². The highest BCUT2D eigenvalue weighted by molar-refractivity contribution is 6.30. The molecule has 130 valence electrons. The van der Waals surface area contributed by atoms with Crippen LogP contribution in [0.1, 0.15) is 5.56 Å². The summed E-state index contributed by atoms with van der Waals surface area (Å²) in [6.45, 7) is 0.707. The van der Waals surface area contributed by atoms with E-state index in [0.717, 1.165) is 22.4 Å². The van der Waals surface area contributed by atoms with E-state index in [1.165, 1.54) is 11.9 Å². The van der Waals surface area contributed by atoms with Crippen molar-refractivity contribution in [2.75, 3.05) is 11.9 Å². The highest BCUT2D eigenvalue weighted by Crippen LogP contribution is 2.31. The van der Waals surface area contributed by atoms with Crippen LogP contribution in [0.3, 0.4) is 0 Å². The number of benzene rings is 2. The standard InChI is InChI=1S/C19H14Cl2N4O/c20-14-5-1-12(2-6-14)9-10-22-18-16-17(13-3-7-15(21)8-4-13)25-26-19(16)24-11-23-18/h1-8,11H,9-10H2,(H,22,23,24). The van der Waals surface area contributed by atoms with Crippen LogP contribution in [0.2, 0.25) is 10.0 Å². The van der Waals surface area contributed by atoms with Crippen LogP contribution in [-0.2, 0) is 6.42 Å². The predicted octanol–water partition coefficient (Wildman–Crippen LogP) is 5.25. The summed E-state index contributed by atoms with van der Waals surface area (Å²) in [4.78, 5) is 8.52. The summed E-state index contributed by atoms with van der Waals surface area (Å²) >= 11 is 11.9. The number of hydrogen-bond acceptors (Lipinski definition) is 5. The van der Waals surface area contributed by atoms with Gasteiger partial charge < -0.3 is 9.84 Å². The number of rotatable bonds is 5. The molecule has 0 atom stereocenters. The number of hydrogen-bond donors (Lipinski definition) is 1. The molecule has 0 aliphatic heterocycles.